The molecule has 0 aliphatic carbocycles. The van der Waals surface area contributed by atoms with Crippen molar-refractivity contribution >= 4 is 0 Å². The molecule has 1 heterocycles. The lowest BCUT2D eigenvalue weighted by Crippen LogP contribution is -2.17. The van der Waals surface area contributed by atoms with Crippen LogP contribution in [-0.4, -0.2) is 24.6 Å². The fourth-order valence-electron chi connectivity index (χ4n) is 0.976. The molecule has 0 aromatic rings. The van der Waals surface area contributed by atoms with E-state index in [1.807, 2.05) is 0 Å². The summed E-state index contributed by atoms with van der Waals surface area (Å²) in [6.45, 7) is 10.7. The van der Waals surface area contributed by atoms with Gasteiger partial charge in [0.2, 0.25) is 0 Å². The molecule has 0 spiro atoms. The Balaban J connectivity index is 2.37. The summed E-state index contributed by atoms with van der Waals surface area (Å²) < 4.78 is 5.20. The second kappa shape index (κ2) is 3.46. The van der Waals surface area contributed by atoms with E-state index in [1.54, 1.807) is 0 Å². The van der Waals surface area contributed by atoms with Crippen LogP contribution in [0.4, 0.5) is 0 Å². The molecule has 1 aliphatic rings. The average Bonchev–Trinajstić information content (AvgIpc) is 2.31. The Bertz CT molecular complexity index is 180. The van der Waals surface area contributed by atoms with Crippen LogP contribution in [0.3, 0.4) is 0 Å². The first-order valence-corrected chi connectivity index (χ1v) is 3.90. The van der Waals surface area contributed by atoms with Crippen LogP contribution in [-0.2, 0) is 4.74 Å². The van der Waals surface area contributed by atoms with Crippen molar-refractivity contribution in [3.8, 4) is 0 Å². The monoisotopic (exact) mass is 153 g/mol. The molecule has 2 nitrogen and oxygen atoms in total. The lowest BCUT2D eigenvalue weighted by molar-refractivity contribution is 0.242. The largest absolute Gasteiger partial charge is 0.478 e. The summed E-state index contributed by atoms with van der Waals surface area (Å²) in [6, 6.07) is 0. The van der Waals surface area contributed by atoms with Gasteiger partial charge in [0.25, 0.3) is 0 Å². The molecule has 0 bridgehead atoms. The first-order valence-electron chi connectivity index (χ1n) is 3.90. The van der Waals surface area contributed by atoms with Gasteiger partial charge in [0.15, 0.2) is 5.88 Å². The summed E-state index contributed by atoms with van der Waals surface area (Å²) in [4.78, 5) is 2.13. The van der Waals surface area contributed by atoms with Gasteiger partial charge in [-0.25, -0.2) is 0 Å². The minimum absolute atomic E-state index is 0.787. The Morgan fingerprint density at radius 2 is 2.45 bits per heavy atom. The minimum Gasteiger partial charge on any atom is -0.478 e. The number of hydrogen-bond donors (Lipinski definition) is 0. The van der Waals surface area contributed by atoms with E-state index in [0.717, 1.165) is 25.6 Å². The third-order valence-corrected chi connectivity index (χ3v) is 1.70. The van der Waals surface area contributed by atoms with E-state index in [1.165, 1.54) is 5.57 Å². The maximum Gasteiger partial charge on any atom is 0.182 e. The van der Waals surface area contributed by atoms with E-state index >= 15 is 0 Å². The van der Waals surface area contributed by atoms with E-state index in [-0.39, 0.29) is 0 Å². The maximum absolute atomic E-state index is 5.20. The Kier molecular flexibility index (Phi) is 2.58. The normalized spacial score (nSPS) is 16.5. The molecule has 0 aromatic carbocycles. The van der Waals surface area contributed by atoms with Crippen molar-refractivity contribution in [2.45, 2.75) is 13.8 Å². The Hall–Kier alpha value is -0.920. The van der Waals surface area contributed by atoms with Gasteiger partial charge in [-0.15, -0.1) is 0 Å². The van der Waals surface area contributed by atoms with E-state index in [2.05, 4.69) is 31.4 Å². The van der Waals surface area contributed by atoms with Crippen LogP contribution in [0.5, 0.6) is 0 Å². The summed E-state index contributed by atoms with van der Waals surface area (Å²) in [6.07, 6.45) is 2.18. The lowest BCUT2D eigenvalue weighted by atomic mass is 10.3. The SMILES string of the molecule is C=C1OCCN1CC=C(C)C. The van der Waals surface area contributed by atoms with Gasteiger partial charge in [-0.2, -0.15) is 0 Å². The zero-order chi connectivity index (χ0) is 8.27. The van der Waals surface area contributed by atoms with Crippen LogP contribution < -0.4 is 0 Å². The van der Waals surface area contributed by atoms with Gasteiger partial charge in [0.1, 0.15) is 6.61 Å². The van der Waals surface area contributed by atoms with Gasteiger partial charge >= 0.3 is 0 Å². The first-order chi connectivity index (χ1) is 5.20. The van der Waals surface area contributed by atoms with E-state index in [4.69, 9.17) is 4.74 Å². The van der Waals surface area contributed by atoms with Gasteiger partial charge in [0.05, 0.1) is 6.54 Å². The topological polar surface area (TPSA) is 12.5 Å². The molecule has 0 saturated carbocycles. The maximum atomic E-state index is 5.20. The van der Waals surface area contributed by atoms with E-state index in [0.29, 0.717) is 0 Å². The van der Waals surface area contributed by atoms with Crippen LogP contribution in [0.2, 0.25) is 0 Å². The highest BCUT2D eigenvalue weighted by molar-refractivity contribution is 4.99. The summed E-state index contributed by atoms with van der Waals surface area (Å²) in [7, 11) is 0. The van der Waals surface area contributed by atoms with Crippen molar-refractivity contribution in [3.63, 3.8) is 0 Å². The van der Waals surface area contributed by atoms with Crippen LogP contribution >= 0.6 is 0 Å². The highest BCUT2D eigenvalue weighted by Crippen LogP contribution is 2.10. The standard InChI is InChI=1S/C9H15NO/c1-8(2)4-5-10-6-7-11-9(10)3/h4H,3,5-7H2,1-2H3. The number of hydrogen-bond acceptors (Lipinski definition) is 2. The molecule has 0 unspecified atom stereocenters. The quantitative estimate of drug-likeness (QED) is 0.560. The van der Waals surface area contributed by atoms with Crippen LogP contribution in [0.15, 0.2) is 24.1 Å². The van der Waals surface area contributed by atoms with Gasteiger partial charge in [-0.1, -0.05) is 11.6 Å². The number of ether oxygens (including phenoxy) is 1. The first kappa shape index (κ1) is 8.18. The predicted molar refractivity (Wildman–Crippen MR) is 46.1 cm³/mol. The van der Waals surface area contributed by atoms with Gasteiger partial charge in [-0.3, -0.25) is 0 Å². The molecule has 1 rings (SSSR count). The predicted octanol–water partition coefficient (Wildman–Crippen LogP) is 1.76. The molecular weight excluding hydrogens is 138 g/mol. The molecule has 62 valence electrons. The van der Waals surface area contributed by atoms with Gasteiger partial charge in [0, 0.05) is 6.54 Å². The molecular formula is C9H15NO. The average molecular weight is 153 g/mol. The summed E-state index contributed by atoms with van der Waals surface area (Å²) in [5.41, 5.74) is 1.34. The number of nitrogens with zero attached hydrogens (tertiary/aromatic N) is 1. The van der Waals surface area contributed by atoms with Crippen molar-refractivity contribution in [1.82, 2.24) is 4.90 Å². The van der Waals surface area contributed by atoms with Crippen molar-refractivity contribution in [1.29, 1.82) is 0 Å². The van der Waals surface area contributed by atoms with Crippen molar-refractivity contribution in [3.05, 3.63) is 24.1 Å². The van der Waals surface area contributed by atoms with Crippen molar-refractivity contribution in [2.75, 3.05) is 19.7 Å². The van der Waals surface area contributed by atoms with Gasteiger partial charge < -0.3 is 9.64 Å². The summed E-state index contributed by atoms with van der Waals surface area (Å²) >= 11 is 0. The molecule has 0 radical (unpaired) electrons. The zero-order valence-corrected chi connectivity index (χ0v) is 7.26. The lowest BCUT2D eigenvalue weighted by Gasteiger charge is -2.13. The van der Waals surface area contributed by atoms with Crippen LogP contribution in [0.25, 0.3) is 0 Å². The minimum atomic E-state index is 0.787. The van der Waals surface area contributed by atoms with Gasteiger partial charge in [-0.05, 0) is 20.4 Å². The Labute approximate surface area is 68.1 Å². The highest BCUT2D eigenvalue weighted by Gasteiger charge is 2.13. The zero-order valence-electron chi connectivity index (χ0n) is 7.26. The molecule has 0 N–H and O–H groups in total. The third kappa shape index (κ3) is 2.30. The second-order valence-corrected chi connectivity index (χ2v) is 2.97. The van der Waals surface area contributed by atoms with Crippen molar-refractivity contribution < 1.29 is 4.74 Å². The molecule has 0 aromatic heterocycles. The Morgan fingerprint density at radius 3 is 2.91 bits per heavy atom. The summed E-state index contributed by atoms with van der Waals surface area (Å²) in [5.74, 6) is 0.808. The molecule has 2 heteroatoms. The molecule has 1 aliphatic heterocycles. The fourth-order valence-corrected chi connectivity index (χ4v) is 0.976. The van der Waals surface area contributed by atoms with Crippen molar-refractivity contribution in [2.24, 2.45) is 0 Å². The van der Waals surface area contributed by atoms with Crippen LogP contribution in [0.1, 0.15) is 13.8 Å². The third-order valence-electron chi connectivity index (χ3n) is 1.70. The number of rotatable bonds is 2. The molecule has 0 amide bonds. The molecule has 1 fully saturated rings. The van der Waals surface area contributed by atoms with E-state index in [9.17, 15) is 0 Å². The van der Waals surface area contributed by atoms with Crippen LogP contribution in [0, 0.1) is 0 Å². The Morgan fingerprint density at radius 1 is 1.73 bits per heavy atom. The molecule has 0 atom stereocenters. The smallest absolute Gasteiger partial charge is 0.182 e. The highest BCUT2D eigenvalue weighted by atomic mass is 16.5. The molecule has 1 saturated heterocycles. The summed E-state index contributed by atoms with van der Waals surface area (Å²) in [5, 5.41) is 0. The van der Waals surface area contributed by atoms with E-state index < -0.39 is 0 Å². The molecule has 11 heavy (non-hydrogen) atoms. The fraction of sp³-hybridized carbons (Fsp3) is 0.556. The second-order valence-electron chi connectivity index (χ2n) is 2.97. The number of allylic oxidation sites excluding steroid dienone is 1.